The maximum absolute atomic E-state index is 12.8. The minimum atomic E-state index is -4.85. The number of aromatic nitrogens is 4. The summed E-state index contributed by atoms with van der Waals surface area (Å²) in [6.07, 6.45) is -0.451. The monoisotopic (exact) mass is 448 g/mol. The van der Waals surface area contributed by atoms with E-state index in [1.54, 1.807) is 13.0 Å². The van der Waals surface area contributed by atoms with Gasteiger partial charge in [0.15, 0.2) is 5.82 Å². The molecule has 4 rings (SSSR count). The number of nitrogens with zero attached hydrogens (tertiary/aromatic N) is 5. The molecule has 1 atom stereocenters. The van der Waals surface area contributed by atoms with Crippen molar-refractivity contribution < 1.29 is 22.7 Å². The molecule has 1 fully saturated rings. The van der Waals surface area contributed by atoms with Crippen LogP contribution >= 0.6 is 11.3 Å². The third-order valence-corrected chi connectivity index (χ3v) is 5.44. The van der Waals surface area contributed by atoms with Crippen molar-refractivity contribution in [3.05, 3.63) is 52.6 Å². The van der Waals surface area contributed by atoms with Gasteiger partial charge in [-0.3, -0.25) is 4.79 Å². The van der Waals surface area contributed by atoms with E-state index in [9.17, 15) is 18.0 Å². The van der Waals surface area contributed by atoms with Crippen molar-refractivity contribution in [2.24, 2.45) is 0 Å². The summed E-state index contributed by atoms with van der Waals surface area (Å²) >= 11 is 1.11. The number of nitrogens with one attached hydrogen (secondary N) is 1. The lowest BCUT2D eigenvalue weighted by atomic mass is 10.1. The fourth-order valence-electron chi connectivity index (χ4n) is 3.05. The van der Waals surface area contributed by atoms with Gasteiger partial charge in [0.05, 0.1) is 12.2 Å². The van der Waals surface area contributed by atoms with Gasteiger partial charge in [0, 0.05) is 5.56 Å². The van der Waals surface area contributed by atoms with Gasteiger partial charge in [-0.25, -0.2) is 9.97 Å². The van der Waals surface area contributed by atoms with E-state index in [1.165, 1.54) is 23.3 Å². The van der Waals surface area contributed by atoms with Crippen molar-refractivity contribution in [2.45, 2.75) is 38.1 Å². The average molecular weight is 448 g/mol. The molecule has 0 spiro atoms. The normalized spacial score (nSPS) is 14.7. The zero-order valence-corrected chi connectivity index (χ0v) is 16.9. The molecule has 1 aromatic carbocycles. The molecule has 0 radical (unpaired) electrons. The van der Waals surface area contributed by atoms with E-state index in [-0.39, 0.29) is 11.5 Å². The van der Waals surface area contributed by atoms with Crippen LogP contribution in [0.25, 0.3) is 5.13 Å². The fraction of sp³-hybridized carbons (Fsp3) is 0.316. The Balaban J connectivity index is 1.56. The summed E-state index contributed by atoms with van der Waals surface area (Å²) in [5.74, 6) is -0.515. The Morgan fingerprint density at radius 1 is 1.35 bits per heavy atom. The lowest BCUT2D eigenvalue weighted by molar-refractivity contribution is -0.274. The molecule has 1 unspecified atom stereocenters. The molecule has 1 aliphatic carbocycles. The molecule has 2 heterocycles. The number of amides is 1. The van der Waals surface area contributed by atoms with Crippen LogP contribution in [-0.4, -0.2) is 32.0 Å². The Hall–Kier alpha value is -3.46. The van der Waals surface area contributed by atoms with Gasteiger partial charge in [-0.15, -0.1) is 13.2 Å². The van der Waals surface area contributed by atoms with Gasteiger partial charge in [-0.05, 0) is 49.4 Å². The van der Waals surface area contributed by atoms with Crippen molar-refractivity contribution in [1.29, 1.82) is 5.26 Å². The van der Waals surface area contributed by atoms with E-state index >= 15 is 0 Å². The number of rotatable bonds is 6. The van der Waals surface area contributed by atoms with Crippen LogP contribution in [0.3, 0.4) is 0 Å². The van der Waals surface area contributed by atoms with E-state index in [2.05, 4.69) is 25.1 Å². The Morgan fingerprint density at radius 2 is 2.13 bits per heavy atom. The van der Waals surface area contributed by atoms with E-state index < -0.39 is 24.1 Å². The van der Waals surface area contributed by atoms with Gasteiger partial charge in [-0.1, -0.05) is 11.3 Å². The molecule has 160 valence electrons. The number of alkyl halides is 3. The quantitative estimate of drug-likeness (QED) is 0.614. The number of benzene rings is 1. The molecule has 0 aliphatic heterocycles. The van der Waals surface area contributed by atoms with Gasteiger partial charge in [0.25, 0.3) is 5.91 Å². The van der Waals surface area contributed by atoms with E-state index in [1.807, 2.05) is 6.07 Å². The average Bonchev–Trinajstić information content (AvgIpc) is 3.24. The maximum atomic E-state index is 12.8. The number of nitriles is 1. The first kappa shape index (κ1) is 20.8. The van der Waals surface area contributed by atoms with E-state index in [4.69, 9.17) is 5.26 Å². The molecule has 31 heavy (non-hydrogen) atoms. The number of carbonyl (C=O) groups excluding carboxylic acids is 1. The number of ether oxygens (including phenoxy) is 1. The summed E-state index contributed by atoms with van der Waals surface area (Å²) in [5, 5.41) is 16.2. The molecule has 8 nitrogen and oxygen atoms in total. The molecular formula is C19H15F3N6O2S. The number of carbonyl (C=O) groups is 1. The summed E-state index contributed by atoms with van der Waals surface area (Å²) in [6, 6.07) is 5.30. The number of hydrogen-bond donors (Lipinski definition) is 1. The molecular weight excluding hydrogens is 433 g/mol. The van der Waals surface area contributed by atoms with Crippen LogP contribution in [-0.2, 0) is 0 Å². The van der Waals surface area contributed by atoms with Crippen LogP contribution in [0.15, 0.2) is 30.7 Å². The Kier molecular flexibility index (Phi) is 5.36. The summed E-state index contributed by atoms with van der Waals surface area (Å²) in [5.41, 5.74) is 0.692. The van der Waals surface area contributed by atoms with Gasteiger partial charge in [0.2, 0.25) is 5.13 Å². The first-order valence-electron chi connectivity index (χ1n) is 9.21. The van der Waals surface area contributed by atoms with Crippen molar-refractivity contribution in [2.75, 3.05) is 0 Å². The molecule has 2 aromatic heterocycles. The molecule has 0 saturated heterocycles. The highest BCUT2D eigenvalue weighted by Crippen LogP contribution is 2.42. The van der Waals surface area contributed by atoms with Crippen LogP contribution in [0.4, 0.5) is 13.2 Å². The van der Waals surface area contributed by atoms with Crippen LogP contribution in [0, 0.1) is 11.3 Å². The van der Waals surface area contributed by atoms with Gasteiger partial charge in [0.1, 0.15) is 23.0 Å². The molecule has 0 bridgehead atoms. The number of thiazole rings is 1. The lowest BCUT2D eigenvalue weighted by Crippen LogP contribution is -2.29. The lowest BCUT2D eigenvalue weighted by Gasteiger charge is -2.16. The first-order valence-corrected chi connectivity index (χ1v) is 10.0. The summed E-state index contributed by atoms with van der Waals surface area (Å²) in [7, 11) is 0. The highest BCUT2D eigenvalue weighted by molar-refractivity contribution is 7.14. The SMILES string of the molecule is CC(NC(=O)c1cc(OC(F)(F)F)cc(C2CC2)c1)c1ncnn1-c1ncc(C#N)s1. The topological polar surface area (TPSA) is 106 Å². The van der Waals surface area contributed by atoms with Crippen LogP contribution in [0.5, 0.6) is 5.75 Å². The van der Waals surface area contributed by atoms with Crippen LogP contribution in [0.1, 0.15) is 58.3 Å². The van der Waals surface area contributed by atoms with Gasteiger partial charge in [-0.2, -0.15) is 15.0 Å². The molecule has 1 aliphatic rings. The minimum absolute atomic E-state index is 0.0579. The standard InChI is InChI=1S/C19H15F3N6O2S/c1-10(16-25-9-26-28(16)18-24-8-15(7-23)31-18)27-17(29)13-4-12(11-2-3-11)5-14(6-13)30-19(20,21)22/h4-6,8-11H,2-3H2,1H3,(H,27,29). The first-order chi connectivity index (χ1) is 14.7. The zero-order chi connectivity index (χ0) is 22.2. The number of halogens is 3. The number of hydrogen-bond acceptors (Lipinski definition) is 7. The summed E-state index contributed by atoms with van der Waals surface area (Å²) < 4.78 is 43.5. The highest BCUT2D eigenvalue weighted by atomic mass is 32.1. The van der Waals surface area contributed by atoms with Crippen LogP contribution in [0.2, 0.25) is 0 Å². The predicted molar refractivity (Wildman–Crippen MR) is 103 cm³/mol. The largest absolute Gasteiger partial charge is 0.573 e. The Bertz CT molecular complexity index is 1160. The highest BCUT2D eigenvalue weighted by Gasteiger charge is 2.33. The smallest absolute Gasteiger partial charge is 0.406 e. The van der Waals surface area contributed by atoms with Gasteiger partial charge >= 0.3 is 6.36 Å². The molecule has 12 heteroatoms. The predicted octanol–water partition coefficient (Wildman–Crippen LogP) is 3.86. The fourth-order valence-corrected chi connectivity index (χ4v) is 3.73. The summed E-state index contributed by atoms with van der Waals surface area (Å²) in [6.45, 7) is 1.66. The van der Waals surface area contributed by atoms with Crippen molar-refractivity contribution in [1.82, 2.24) is 25.1 Å². The van der Waals surface area contributed by atoms with Gasteiger partial charge < -0.3 is 10.1 Å². The molecule has 1 amide bonds. The molecule has 1 N–H and O–H groups in total. The maximum Gasteiger partial charge on any atom is 0.573 e. The van der Waals surface area contributed by atoms with E-state index in [0.717, 1.165) is 30.2 Å². The summed E-state index contributed by atoms with van der Waals surface area (Å²) in [4.78, 5) is 21.4. The second-order valence-corrected chi connectivity index (χ2v) is 7.97. The second-order valence-electron chi connectivity index (χ2n) is 6.96. The third kappa shape index (κ3) is 4.83. The Labute approximate surface area is 178 Å². The van der Waals surface area contributed by atoms with Crippen LogP contribution < -0.4 is 10.1 Å². The second kappa shape index (κ2) is 7.99. The zero-order valence-electron chi connectivity index (χ0n) is 16.1. The molecule has 3 aromatic rings. The minimum Gasteiger partial charge on any atom is -0.406 e. The van der Waals surface area contributed by atoms with Crippen molar-refractivity contribution >= 4 is 17.2 Å². The van der Waals surface area contributed by atoms with Crippen molar-refractivity contribution in [3.63, 3.8) is 0 Å². The van der Waals surface area contributed by atoms with E-state index in [0.29, 0.717) is 21.4 Å². The molecule has 1 saturated carbocycles. The Morgan fingerprint density at radius 3 is 2.77 bits per heavy atom. The third-order valence-electron chi connectivity index (χ3n) is 4.57. The van der Waals surface area contributed by atoms with Crippen molar-refractivity contribution in [3.8, 4) is 17.0 Å².